The van der Waals surface area contributed by atoms with Crippen LogP contribution in [0.2, 0.25) is 0 Å². The largest absolute Gasteiger partial charge is 0.398 e. The number of nitrogens with two attached hydrogens (primary N) is 1. The fraction of sp³-hybridized carbons (Fsp3) is 0.250. The van der Waals surface area contributed by atoms with Gasteiger partial charge in [0, 0.05) is 18.1 Å². The summed E-state index contributed by atoms with van der Waals surface area (Å²) in [7, 11) is -2.00. The predicted octanol–water partition coefficient (Wildman–Crippen LogP) is 1.85. The van der Waals surface area contributed by atoms with Crippen molar-refractivity contribution in [1.29, 1.82) is 0 Å². The van der Waals surface area contributed by atoms with Crippen molar-refractivity contribution in [3.05, 3.63) is 40.3 Å². The van der Waals surface area contributed by atoms with Gasteiger partial charge in [0.15, 0.2) is 0 Å². The molecule has 0 saturated heterocycles. The second-order valence-electron chi connectivity index (χ2n) is 4.26. The summed E-state index contributed by atoms with van der Waals surface area (Å²) < 4.78 is 26.0. The summed E-state index contributed by atoms with van der Waals surface area (Å²) in [5, 5.41) is 1.83. The van der Waals surface area contributed by atoms with Gasteiger partial charge in [-0.15, -0.1) is 11.3 Å². The van der Waals surface area contributed by atoms with Gasteiger partial charge in [0.25, 0.3) is 0 Å². The van der Waals surface area contributed by atoms with Crippen LogP contribution in [-0.2, 0) is 16.6 Å². The van der Waals surface area contributed by atoms with E-state index in [0.717, 1.165) is 11.3 Å². The number of rotatable bonds is 4. The lowest BCUT2D eigenvalue weighted by Crippen LogP contribution is -2.26. The van der Waals surface area contributed by atoms with Gasteiger partial charge in [-0.05, 0) is 24.6 Å². The van der Waals surface area contributed by atoms with Gasteiger partial charge in [0.1, 0.15) is 0 Å². The highest BCUT2D eigenvalue weighted by Gasteiger charge is 2.21. The van der Waals surface area contributed by atoms with Crippen LogP contribution < -0.4 is 5.73 Å². The Bertz CT molecular complexity index is 666. The number of nitrogen functional groups attached to an aromatic ring is 1. The molecule has 7 heteroatoms. The maximum atomic E-state index is 12.4. The molecule has 5 nitrogen and oxygen atoms in total. The molecule has 1 aromatic heterocycles. The van der Waals surface area contributed by atoms with E-state index in [9.17, 15) is 8.42 Å². The van der Waals surface area contributed by atoms with Crippen molar-refractivity contribution in [2.24, 2.45) is 0 Å². The highest BCUT2D eigenvalue weighted by molar-refractivity contribution is 7.89. The molecule has 0 radical (unpaired) electrons. The lowest BCUT2D eigenvalue weighted by Gasteiger charge is -2.16. The summed E-state index contributed by atoms with van der Waals surface area (Å²) in [4.78, 5) is 4.28. The summed E-state index contributed by atoms with van der Waals surface area (Å²) >= 11 is 1.44. The first-order valence-electron chi connectivity index (χ1n) is 5.61. The molecule has 19 heavy (non-hydrogen) atoms. The highest BCUT2D eigenvalue weighted by Crippen LogP contribution is 2.21. The third-order valence-corrected chi connectivity index (χ3v) is 5.26. The SMILES string of the molecule is Cc1ccc(S(=O)(=O)N(C)Cc2cscn2)cc1N. The second kappa shape index (κ2) is 5.28. The van der Waals surface area contributed by atoms with Crippen molar-refractivity contribution in [2.45, 2.75) is 18.4 Å². The Balaban J connectivity index is 2.28. The van der Waals surface area contributed by atoms with Crippen LogP contribution in [0.5, 0.6) is 0 Å². The van der Waals surface area contributed by atoms with Crippen molar-refractivity contribution in [3.8, 4) is 0 Å². The second-order valence-corrected chi connectivity index (χ2v) is 7.02. The van der Waals surface area contributed by atoms with Gasteiger partial charge in [0.2, 0.25) is 10.0 Å². The maximum absolute atomic E-state index is 12.4. The zero-order chi connectivity index (χ0) is 14.0. The van der Waals surface area contributed by atoms with E-state index in [0.29, 0.717) is 5.69 Å². The Hall–Kier alpha value is -1.44. The van der Waals surface area contributed by atoms with E-state index in [1.807, 2.05) is 12.3 Å². The molecule has 2 aromatic rings. The van der Waals surface area contributed by atoms with Gasteiger partial charge in [-0.3, -0.25) is 0 Å². The molecular weight excluding hydrogens is 282 g/mol. The van der Waals surface area contributed by atoms with E-state index in [-0.39, 0.29) is 11.4 Å². The van der Waals surface area contributed by atoms with Crippen LogP contribution in [-0.4, -0.2) is 24.8 Å². The predicted molar refractivity (Wildman–Crippen MR) is 76.4 cm³/mol. The van der Waals surface area contributed by atoms with Crippen LogP contribution in [0.15, 0.2) is 34.0 Å². The fourth-order valence-corrected chi connectivity index (χ4v) is 3.32. The first-order chi connectivity index (χ1) is 8.91. The molecule has 0 saturated carbocycles. The molecule has 0 unspecified atom stereocenters. The topological polar surface area (TPSA) is 76.3 Å². The van der Waals surface area contributed by atoms with Gasteiger partial charge in [0.05, 0.1) is 22.6 Å². The summed E-state index contributed by atoms with van der Waals surface area (Å²) in [5.74, 6) is 0. The van der Waals surface area contributed by atoms with Crippen molar-refractivity contribution in [3.63, 3.8) is 0 Å². The molecule has 1 aromatic carbocycles. The minimum atomic E-state index is -3.54. The quantitative estimate of drug-likeness (QED) is 0.874. The number of aromatic nitrogens is 1. The number of anilines is 1. The van der Waals surface area contributed by atoms with Gasteiger partial charge in [-0.1, -0.05) is 6.07 Å². The number of benzene rings is 1. The van der Waals surface area contributed by atoms with Crippen LogP contribution >= 0.6 is 11.3 Å². The van der Waals surface area contributed by atoms with Crippen molar-refractivity contribution in [1.82, 2.24) is 9.29 Å². The zero-order valence-corrected chi connectivity index (χ0v) is 12.3. The van der Waals surface area contributed by atoms with Gasteiger partial charge in [-0.25, -0.2) is 13.4 Å². The average molecular weight is 297 g/mol. The van der Waals surface area contributed by atoms with E-state index in [1.165, 1.54) is 28.8 Å². The molecule has 1 heterocycles. The van der Waals surface area contributed by atoms with Crippen LogP contribution in [0.25, 0.3) is 0 Å². The molecule has 0 amide bonds. The van der Waals surface area contributed by atoms with Crippen LogP contribution in [0.3, 0.4) is 0 Å². The van der Waals surface area contributed by atoms with E-state index in [4.69, 9.17) is 5.73 Å². The van der Waals surface area contributed by atoms with E-state index in [1.54, 1.807) is 17.6 Å². The van der Waals surface area contributed by atoms with Crippen molar-refractivity contribution in [2.75, 3.05) is 12.8 Å². The molecule has 0 fully saturated rings. The smallest absolute Gasteiger partial charge is 0.243 e. The number of sulfonamides is 1. The minimum absolute atomic E-state index is 0.202. The number of hydrogen-bond donors (Lipinski definition) is 1. The minimum Gasteiger partial charge on any atom is -0.398 e. The monoisotopic (exact) mass is 297 g/mol. The molecular formula is C12H15N3O2S2. The fourth-order valence-electron chi connectivity index (χ4n) is 1.59. The summed E-state index contributed by atoms with van der Waals surface area (Å²) in [6.07, 6.45) is 0. The normalized spacial score (nSPS) is 11.9. The average Bonchev–Trinajstić information content (AvgIpc) is 2.85. The van der Waals surface area contributed by atoms with Gasteiger partial charge in [-0.2, -0.15) is 4.31 Å². The van der Waals surface area contributed by atoms with Crippen LogP contribution in [0.4, 0.5) is 5.69 Å². The van der Waals surface area contributed by atoms with E-state index < -0.39 is 10.0 Å². The molecule has 0 bridgehead atoms. The third-order valence-electron chi connectivity index (χ3n) is 2.83. The lowest BCUT2D eigenvalue weighted by molar-refractivity contribution is 0.463. The summed E-state index contributed by atoms with van der Waals surface area (Å²) in [5.41, 5.74) is 9.51. The Labute approximate surface area is 116 Å². The molecule has 2 rings (SSSR count). The van der Waals surface area contributed by atoms with Gasteiger partial charge < -0.3 is 5.73 Å². The molecule has 2 N–H and O–H groups in total. The molecule has 0 aliphatic heterocycles. The third kappa shape index (κ3) is 2.94. The maximum Gasteiger partial charge on any atom is 0.243 e. The Morgan fingerprint density at radius 3 is 2.74 bits per heavy atom. The van der Waals surface area contributed by atoms with Crippen molar-refractivity contribution < 1.29 is 8.42 Å². The molecule has 0 spiro atoms. The first-order valence-corrected chi connectivity index (χ1v) is 7.99. The van der Waals surface area contributed by atoms with Crippen LogP contribution in [0, 0.1) is 6.92 Å². The summed E-state index contributed by atoms with van der Waals surface area (Å²) in [6.45, 7) is 2.09. The summed E-state index contributed by atoms with van der Waals surface area (Å²) in [6, 6.07) is 4.76. The number of nitrogens with zero attached hydrogens (tertiary/aromatic N) is 2. The van der Waals surface area contributed by atoms with Crippen molar-refractivity contribution >= 4 is 27.0 Å². The molecule has 0 aliphatic rings. The lowest BCUT2D eigenvalue weighted by atomic mass is 10.2. The Morgan fingerprint density at radius 1 is 1.42 bits per heavy atom. The van der Waals surface area contributed by atoms with Gasteiger partial charge >= 0.3 is 0 Å². The zero-order valence-electron chi connectivity index (χ0n) is 10.7. The van der Waals surface area contributed by atoms with Crippen LogP contribution in [0.1, 0.15) is 11.3 Å². The number of thiazole rings is 1. The molecule has 0 aliphatic carbocycles. The Morgan fingerprint density at radius 2 is 2.16 bits per heavy atom. The van der Waals surface area contributed by atoms with E-state index >= 15 is 0 Å². The van der Waals surface area contributed by atoms with E-state index in [2.05, 4.69) is 4.98 Å². The standard InChI is InChI=1S/C12H15N3O2S2/c1-9-3-4-11(5-12(9)13)19(16,17)15(2)6-10-7-18-8-14-10/h3-5,7-8H,6,13H2,1-2H3. The highest BCUT2D eigenvalue weighted by atomic mass is 32.2. The Kier molecular flexibility index (Phi) is 3.88. The number of aryl methyl sites for hydroxylation is 1. The number of hydrogen-bond acceptors (Lipinski definition) is 5. The molecule has 0 atom stereocenters. The molecule has 102 valence electrons. The first kappa shape index (κ1) is 14.0.